The largest absolute Gasteiger partial charge is 0.481 e. The smallest absolute Gasteiger partial charge is 0.309 e. The van der Waals surface area contributed by atoms with Gasteiger partial charge in [0.05, 0.1) is 12.1 Å². The summed E-state index contributed by atoms with van der Waals surface area (Å²) in [7, 11) is 0. The van der Waals surface area contributed by atoms with Crippen LogP contribution in [0.25, 0.3) is 5.65 Å². The standard InChI is InChI=1S/C9H9N3O2/c1-6-3-10-5-12-4-7(2-8(13)14)11-9(6)12/h3-5H,2H2,1H3,(H,13,14). The molecular weight excluding hydrogens is 182 g/mol. The minimum Gasteiger partial charge on any atom is -0.481 e. The fourth-order valence-electron chi connectivity index (χ4n) is 1.34. The lowest BCUT2D eigenvalue weighted by molar-refractivity contribution is -0.136. The lowest BCUT2D eigenvalue weighted by atomic mass is 10.3. The maximum Gasteiger partial charge on any atom is 0.309 e. The molecule has 72 valence electrons. The lowest BCUT2D eigenvalue weighted by Gasteiger charge is -1.93. The molecule has 0 aliphatic rings. The third-order valence-electron chi connectivity index (χ3n) is 1.93. The van der Waals surface area contributed by atoms with Gasteiger partial charge in [0, 0.05) is 18.0 Å². The minimum absolute atomic E-state index is 0.0544. The van der Waals surface area contributed by atoms with Crippen LogP contribution < -0.4 is 0 Å². The highest BCUT2D eigenvalue weighted by molar-refractivity contribution is 5.70. The van der Waals surface area contributed by atoms with Crippen molar-refractivity contribution in [1.82, 2.24) is 14.4 Å². The van der Waals surface area contributed by atoms with E-state index in [1.165, 1.54) is 0 Å². The zero-order chi connectivity index (χ0) is 10.1. The summed E-state index contributed by atoms with van der Waals surface area (Å²) in [6.45, 7) is 1.89. The molecule has 0 spiro atoms. The zero-order valence-electron chi connectivity index (χ0n) is 7.64. The predicted octanol–water partition coefficient (Wildman–Crippen LogP) is 0.665. The highest BCUT2D eigenvalue weighted by Gasteiger charge is 2.06. The number of aromatic nitrogens is 3. The second-order valence-corrected chi connectivity index (χ2v) is 3.11. The van der Waals surface area contributed by atoms with Crippen LogP contribution in [0.15, 0.2) is 18.7 Å². The first-order valence-corrected chi connectivity index (χ1v) is 4.17. The third-order valence-corrected chi connectivity index (χ3v) is 1.93. The summed E-state index contributed by atoms with van der Waals surface area (Å²) in [6, 6.07) is 0. The Morgan fingerprint density at radius 1 is 1.64 bits per heavy atom. The van der Waals surface area contributed by atoms with E-state index in [0.717, 1.165) is 11.2 Å². The Morgan fingerprint density at radius 3 is 3.07 bits per heavy atom. The topological polar surface area (TPSA) is 67.5 Å². The normalized spacial score (nSPS) is 10.6. The van der Waals surface area contributed by atoms with Gasteiger partial charge in [-0.3, -0.25) is 9.20 Å². The van der Waals surface area contributed by atoms with Crippen LogP contribution in [-0.4, -0.2) is 25.4 Å². The van der Waals surface area contributed by atoms with E-state index in [9.17, 15) is 4.79 Å². The average Bonchev–Trinajstić information content (AvgIpc) is 2.47. The van der Waals surface area contributed by atoms with Gasteiger partial charge in [0.25, 0.3) is 0 Å². The third kappa shape index (κ3) is 1.44. The molecule has 0 radical (unpaired) electrons. The zero-order valence-corrected chi connectivity index (χ0v) is 7.64. The molecule has 0 aromatic carbocycles. The molecule has 0 aliphatic carbocycles. The Kier molecular flexibility index (Phi) is 1.92. The SMILES string of the molecule is Cc1cncn2cc(CC(=O)O)nc12. The van der Waals surface area contributed by atoms with Crippen LogP contribution in [0.4, 0.5) is 0 Å². The van der Waals surface area contributed by atoms with E-state index >= 15 is 0 Å². The van der Waals surface area contributed by atoms with Crippen molar-refractivity contribution in [2.75, 3.05) is 0 Å². The first-order valence-electron chi connectivity index (χ1n) is 4.17. The van der Waals surface area contributed by atoms with Crippen molar-refractivity contribution in [3.8, 4) is 0 Å². The van der Waals surface area contributed by atoms with E-state index in [-0.39, 0.29) is 6.42 Å². The molecule has 14 heavy (non-hydrogen) atoms. The monoisotopic (exact) mass is 191 g/mol. The van der Waals surface area contributed by atoms with Gasteiger partial charge in [0.2, 0.25) is 0 Å². The number of rotatable bonds is 2. The number of carbonyl (C=O) groups is 1. The number of hydrogen-bond donors (Lipinski definition) is 1. The molecule has 0 atom stereocenters. The van der Waals surface area contributed by atoms with Crippen LogP contribution in [0, 0.1) is 6.92 Å². The van der Waals surface area contributed by atoms with E-state index < -0.39 is 5.97 Å². The molecule has 5 nitrogen and oxygen atoms in total. The molecule has 0 bridgehead atoms. The van der Waals surface area contributed by atoms with Crippen LogP contribution in [0.2, 0.25) is 0 Å². The van der Waals surface area contributed by atoms with E-state index in [1.807, 2.05) is 6.92 Å². The van der Waals surface area contributed by atoms with Crippen LogP contribution in [0.5, 0.6) is 0 Å². The van der Waals surface area contributed by atoms with Gasteiger partial charge in [-0.2, -0.15) is 0 Å². The number of carboxylic acid groups (broad SMARTS) is 1. The van der Waals surface area contributed by atoms with Gasteiger partial charge in [-0.25, -0.2) is 9.97 Å². The summed E-state index contributed by atoms with van der Waals surface area (Å²) in [5.74, 6) is -0.876. The number of aliphatic carboxylic acids is 1. The van der Waals surface area contributed by atoms with E-state index in [4.69, 9.17) is 5.11 Å². The number of imidazole rings is 1. The minimum atomic E-state index is -0.876. The Bertz CT molecular complexity index is 490. The average molecular weight is 191 g/mol. The second-order valence-electron chi connectivity index (χ2n) is 3.11. The summed E-state index contributed by atoms with van der Waals surface area (Å²) in [5, 5.41) is 8.60. The first-order chi connectivity index (χ1) is 6.66. The summed E-state index contributed by atoms with van der Waals surface area (Å²) in [5.41, 5.74) is 2.24. The first kappa shape index (κ1) is 8.68. The highest BCUT2D eigenvalue weighted by atomic mass is 16.4. The molecular formula is C9H9N3O2. The number of fused-ring (bicyclic) bond motifs is 1. The molecule has 0 aliphatic heterocycles. The van der Waals surface area contributed by atoms with Crippen LogP contribution in [0.1, 0.15) is 11.3 Å². The summed E-state index contributed by atoms with van der Waals surface area (Å²) in [6.07, 6.45) is 4.94. The Hall–Kier alpha value is -1.91. The molecule has 2 rings (SSSR count). The Balaban J connectivity index is 2.51. The fraction of sp³-hybridized carbons (Fsp3) is 0.222. The summed E-state index contributed by atoms with van der Waals surface area (Å²) < 4.78 is 1.73. The maximum absolute atomic E-state index is 10.5. The van der Waals surface area contributed by atoms with E-state index in [1.54, 1.807) is 23.1 Å². The van der Waals surface area contributed by atoms with Crippen LogP contribution in [0.3, 0.4) is 0 Å². The molecule has 1 N–H and O–H groups in total. The molecule has 0 saturated carbocycles. The molecule has 2 heterocycles. The Labute approximate surface area is 80.0 Å². The number of aryl methyl sites for hydroxylation is 1. The molecule has 0 amide bonds. The number of hydrogen-bond acceptors (Lipinski definition) is 3. The number of nitrogens with zero attached hydrogens (tertiary/aromatic N) is 3. The van der Waals surface area contributed by atoms with Crippen molar-refractivity contribution in [2.45, 2.75) is 13.3 Å². The molecule has 0 unspecified atom stereocenters. The number of carboxylic acids is 1. The predicted molar refractivity (Wildman–Crippen MR) is 49.1 cm³/mol. The van der Waals surface area contributed by atoms with E-state index in [0.29, 0.717) is 5.69 Å². The molecule has 0 saturated heterocycles. The summed E-state index contributed by atoms with van der Waals surface area (Å²) >= 11 is 0. The molecule has 2 aromatic rings. The van der Waals surface area contributed by atoms with Gasteiger partial charge >= 0.3 is 5.97 Å². The van der Waals surface area contributed by atoms with Crippen molar-refractivity contribution in [3.63, 3.8) is 0 Å². The molecule has 2 aromatic heterocycles. The molecule has 0 fully saturated rings. The quantitative estimate of drug-likeness (QED) is 0.757. The Morgan fingerprint density at radius 2 is 2.43 bits per heavy atom. The van der Waals surface area contributed by atoms with Crippen molar-refractivity contribution < 1.29 is 9.90 Å². The van der Waals surface area contributed by atoms with E-state index in [2.05, 4.69) is 9.97 Å². The summed E-state index contributed by atoms with van der Waals surface area (Å²) in [4.78, 5) is 18.6. The van der Waals surface area contributed by atoms with Gasteiger partial charge in [-0.1, -0.05) is 0 Å². The van der Waals surface area contributed by atoms with Crippen molar-refractivity contribution in [2.24, 2.45) is 0 Å². The van der Waals surface area contributed by atoms with Crippen molar-refractivity contribution in [3.05, 3.63) is 30.0 Å². The maximum atomic E-state index is 10.5. The molecule has 5 heteroatoms. The van der Waals surface area contributed by atoms with Gasteiger partial charge < -0.3 is 5.11 Å². The van der Waals surface area contributed by atoms with Crippen LogP contribution in [-0.2, 0) is 11.2 Å². The second kappa shape index (κ2) is 3.10. The van der Waals surface area contributed by atoms with Gasteiger partial charge in [-0.15, -0.1) is 0 Å². The highest BCUT2D eigenvalue weighted by Crippen LogP contribution is 2.08. The van der Waals surface area contributed by atoms with Gasteiger partial charge in [0.1, 0.15) is 12.0 Å². The fourth-order valence-corrected chi connectivity index (χ4v) is 1.34. The lowest BCUT2D eigenvalue weighted by Crippen LogP contribution is -1.99. The van der Waals surface area contributed by atoms with Crippen LogP contribution >= 0.6 is 0 Å². The van der Waals surface area contributed by atoms with Crippen molar-refractivity contribution in [1.29, 1.82) is 0 Å². The van der Waals surface area contributed by atoms with Gasteiger partial charge in [-0.05, 0) is 6.92 Å². The van der Waals surface area contributed by atoms with Gasteiger partial charge in [0.15, 0.2) is 0 Å². The van der Waals surface area contributed by atoms with Crippen molar-refractivity contribution >= 4 is 11.6 Å².